The smallest absolute Gasteiger partial charge is 0.409 e. The number of thiazole rings is 1. The molecule has 0 fully saturated rings. The van der Waals surface area contributed by atoms with Gasteiger partial charge in [0, 0.05) is 9.67 Å². The first-order valence-corrected chi connectivity index (χ1v) is 8.81. The molecule has 8 heteroatoms. The third-order valence-electron chi connectivity index (χ3n) is 3.58. The zero-order valence-electron chi connectivity index (χ0n) is 14.2. The summed E-state index contributed by atoms with van der Waals surface area (Å²) in [5, 5.41) is 9.35. The second kappa shape index (κ2) is 6.93. The van der Waals surface area contributed by atoms with Gasteiger partial charge in [-0.1, -0.05) is 52.7 Å². The molecule has 0 spiro atoms. The van der Waals surface area contributed by atoms with E-state index in [2.05, 4.69) is 15.2 Å². The summed E-state index contributed by atoms with van der Waals surface area (Å²) >= 11 is 1.50. The minimum atomic E-state index is 0.164. The number of hydrogen-bond donors (Lipinski definition) is 0. The Morgan fingerprint density at radius 1 is 0.923 bits per heavy atom. The Morgan fingerprint density at radius 2 is 1.58 bits per heavy atom. The number of tetrazole rings is 1. The molecular weight excluding hydrogens is 350 g/mol. The molecular formula is C18H16N5O2S+. The van der Waals surface area contributed by atoms with Crippen LogP contribution in [0.4, 0.5) is 0 Å². The Morgan fingerprint density at radius 3 is 2.19 bits per heavy atom. The SMILES string of the molecule is Cc1nc(-[n+]2nc(Oc3ccccc3)nn2Oc2ccccc2)sc1C. The molecule has 0 saturated heterocycles. The summed E-state index contributed by atoms with van der Waals surface area (Å²) in [7, 11) is 0. The Bertz CT molecular complexity index is 995. The molecule has 0 aliphatic rings. The number of nitrogens with zero attached hydrogens (tertiary/aromatic N) is 5. The first-order valence-electron chi connectivity index (χ1n) is 7.99. The molecule has 4 rings (SSSR count). The second-order valence-electron chi connectivity index (χ2n) is 5.48. The number of ether oxygens (including phenoxy) is 1. The summed E-state index contributed by atoms with van der Waals surface area (Å²) in [6, 6.07) is 18.9. The summed E-state index contributed by atoms with van der Waals surface area (Å²) in [6.45, 7) is 3.97. The maximum atomic E-state index is 5.82. The van der Waals surface area contributed by atoms with Gasteiger partial charge in [-0.3, -0.25) is 0 Å². The van der Waals surface area contributed by atoms with Gasteiger partial charge in [0.15, 0.2) is 5.75 Å². The van der Waals surface area contributed by atoms with Crippen LogP contribution in [0.25, 0.3) is 5.13 Å². The Kier molecular flexibility index (Phi) is 4.32. The number of hydrogen-bond acceptors (Lipinski definition) is 6. The highest BCUT2D eigenvalue weighted by Gasteiger charge is 2.26. The summed E-state index contributed by atoms with van der Waals surface area (Å²) in [5.41, 5.74) is 0.942. The molecule has 0 amide bonds. The third-order valence-corrected chi connectivity index (χ3v) is 4.62. The zero-order valence-corrected chi connectivity index (χ0v) is 15.1. The van der Waals surface area contributed by atoms with Crippen LogP contribution in [0.1, 0.15) is 10.6 Å². The molecule has 0 bridgehead atoms. The van der Waals surface area contributed by atoms with Gasteiger partial charge in [0.1, 0.15) is 16.4 Å². The van der Waals surface area contributed by atoms with Gasteiger partial charge in [-0.15, -0.1) is 0 Å². The summed E-state index contributed by atoms with van der Waals surface area (Å²) < 4.78 is 5.73. The molecule has 2 heterocycles. The fraction of sp³-hybridized carbons (Fsp3) is 0.111. The van der Waals surface area contributed by atoms with Crippen LogP contribution in [0.2, 0.25) is 0 Å². The predicted octanol–water partition coefficient (Wildman–Crippen LogP) is 3.26. The van der Waals surface area contributed by atoms with Crippen molar-refractivity contribution in [2.75, 3.05) is 0 Å². The molecule has 26 heavy (non-hydrogen) atoms. The molecule has 7 nitrogen and oxygen atoms in total. The minimum absolute atomic E-state index is 0.164. The molecule has 0 aliphatic heterocycles. The topological polar surface area (TPSA) is 65.9 Å². The van der Waals surface area contributed by atoms with Crippen LogP contribution >= 0.6 is 11.3 Å². The number of benzene rings is 2. The average Bonchev–Trinajstić information content (AvgIpc) is 3.20. The number of rotatable bonds is 5. The lowest BCUT2D eigenvalue weighted by molar-refractivity contribution is -0.768. The van der Waals surface area contributed by atoms with Crippen LogP contribution in [0.3, 0.4) is 0 Å². The van der Waals surface area contributed by atoms with Crippen LogP contribution in [-0.2, 0) is 0 Å². The largest absolute Gasteiger partial charge is 0.457 e. The van der Waals surface area contributed by atoms with Gasteiger partial charge in [-0.05, 0) is 43.2 Å². The van der Waals surface area contributed by atoms with Gasteiger partial charge in [-0.2, -0.15) is 0 Å². The Hall–Kier alpha value is -3.26. The van der Waals surface area contributed by atoms with E-state index < -0.39 is 0 Å². The number of aromatic nitrogens is 5. The molecule has 0 N–H and O–H groups in total. The highest BCUT2D eigenvalue weighted by molar-refractivity contribution is 7.13. The van der Waals surface area contributed by atoms with Crippen LogP contribution in [0.15, 0.2) is 60.7 Å². The van der Waals surface area contributed by atoms with E-state index >= 15 is 0 Å². The average molecular weight is 366 g/mol. The predicted molar refractivity (Wildman–Crippen MR) is 95.7 cm³/mol. The maximum absolute atomic E-state index is 5.82. The second-order valence-corrected chi connectivity index (χ2v) is 6.66. The monoisotopic (exact) mass is 366 g/mol. The summed E-state index contributed by atoms with van der Waals surface area (Å²) in [5.74, 6) is 1.27. The molecule has 2 aromatic heterocycles. The van der Waals surface area contributed by atoms with E-state index in [1.807, 2.05) is 74.5 Å². The number of aryl methyl sites for hydroxylation is 2. The van der Waals surface area contributed by atoms with Crippen molar-refractivity contribution in [2.24, 2.45) is 0 Å². The lowest BCUT2D eigenvalue weighted by Gasteiger charge is -1.99. The quantitative estimate of drug-likeness (QED) is 0.507. The van der Waals surface area contributed by atoms with Crippen LogP contribution < -0.4 is 14.4 Å². The van der Waals surface area contributed by atoms with Crippen molar-refractivity contribution in [1.82, 2.24) is 20.1 Å². The van der Waals surface area contributed by atoms with Crippen molar-refractivity contribution in [1.29, 1.82) is 0 Å². The van der Waals surface area contributed by atoms with E-state index in [4.69, 9.17) is 9.57 Å². The van der Waals surface area contributed by atoms with E-state index in [9.17, 15) is 0 Å². The number of para-hydroxylation sites is 2. The van der Waals surface area contributed by atoms with E-state index in [1.54, 1.807) is 0 Å². The highest BCUT2D eigenvalue weighted by Crippen LogP contribution is 2.19. The highest BCUT2D eigenvalue weighted by atomic mass is 32.1. The first kappa shape index (κ1) is 16.2. The Balaban J connectivity index is 1.72. The van der Waals surface area contributed by atoms with Gasteiger partial charge in [0.05, 0.1) is 5.10 Å². The summed E-state index contributed by atoms with van der Waals surface area (Å²) in [6.07, 6.45) is 0. The lowest BCUT2D eigenvalue weighted by Crippen LogP contribution is -2.46. The first-order chi connectivity index (χ1) is 12.7. The van der Waals surface area contributed by atoms with Crippen molar-refractivity contribution in [3.63, 3.8) is 0 Å². The molecule has 0 radical (unpaired) electrons. The maximum Gasteiger partial charge on any atom is 0.457 e. The molecule has 0 unspecified atom stereocenters. The van der Waals surface area contributed by atoms with Gasteiger partial charge in [-0.25, -0.2) is 0 Å². The van der Waals surface area contributed by atoms with E-state index in [1.165, 1.54) is 21.1 Å². The third kappa shape index (κ3) is 3.40. The molecule has 130 valence electrons. The van der Waals surface area contributed by atoms with E-state index in [0.717, 1.165) is 10.6 Å². The van der Waals surface area contributed by atoms with Crippen molar-refractivity contribution >= 4 is 11.3 Å². The molecule has 4 aromatic rings. The van der Waals surface area contributed by atoms with Crippen molar-refractivity contribution < 1.29 is 14.4 Å². The van der Waals surface area contributed by atoms with Gasteiger partial charge >= 0.3 is 11.1 Å². The molecule has 0 saturated carbocycles. The van der Waals surface area contributed by atoms with Crippen LogP contribution in [0, 0.1) is 13.8 Å². The van der Waals surface area contributed by atoms with E-state index in [-0.39, 0.29) is 6.01 Å². The Labute approximate surface area is 154 Å². The van der Waals surface area contributed by atoms with Crippen LogP contribution in [0.5, 0.6) is 17.5 Å². The van der Waals surface area contributed by atoms with E-state index in [0.29, 0.717) is 16.6 Å². The van der Waals surface area contributed by atoms with Gasteiger partial charge in [0.25, 0.3) is 0 Å². The van der Waals surface area contributed by atoms with Gasteiger partial charge < -0.3 is 9.57 Å². The molecule has 0 aliphatic carbocycles. The van der Waals surface area contributed by atoms with Gasteiger partial charge in [0.2, 0.25) is 0 Å². The van der Waals surface area contributed by atoms with Crippen LogP contribution in [-0.4, -0.2) is 20.1 Å². The lowest BCUT2D eigenvalue weighted by atomic mass is 10.3. The fourth-order valence-electron chi connectivity index (χ4n) is 2.18. The van der Waals surface area contributed by atoms with Crippen molar-refractivity contribution in [2.45, 2.75) is 13.8 Å². The normalized spacial score (nSPS) is 10.7. The summed E-state index contributed by atoms with van der Waals surface area (Å²) in [4.78, 5) is 14.2. The van der Waals surface area contributed by atoms with Crippen molar-refractivity contribution in [3.05, 3.63) is 71.2 Å². The minimum Gasteiger partial charge on any atom is -0.409 e. The standard InChI is InChI=1S/C18H16N5O2S/c1-13-14(2)26-18(19-13)22-20-17(24-15-9-5-3-6-10-15)21-23(22)25-16-11-7-4-8-12-16/h3-12H,1-2H3/q+1. The molecule has 2 aromatic carbocycles. The molecule has 0 atom stereocenters. The zero-order chi connectivity index (χ0) is 17.9. The fourth-order valence-corrected chi connectivity index (χ4v) is 3.02. The van der Waals surface area contributed by atoms with Crippen molar-refractivity contribution in [3.8, 4) is 22.6 Å².